The van der Waals surface area contributed by atoms with Gasteiger partial charge in [-0.15, -0.1) is 0 Å². The van der Waals surface area contributed by atoms with Gasteiger partial charge in [0.15, 0.2) is 0 Å². The lowest BCUT2D eigenvalue weighted by Crippen LogP contribution is -2.46. The zero-order valence-corrected chi connectivity index (χ0v) is 12.5. The third-order valence-corrected chi connectivity index (χ3v) is 3.90. The molecule has 0 bridgehead atoms. The molecule has 0 radical (unpaired) electrons. The van der Waals surface area contributed by atoms with Crippen LogP contribution >= 0.6 is 0 Å². The van der Waals surface area contributed by atoms with E-state index in [-0.39, 0.29) is 10.6 Å². The highest BCUT2D eigenvalue weighted by molar-refractivity contribution is 5.52. The molecule has 6 nitrogen and oxygen atoms in total. The molecular formula is C16H18N4O2. The van der Waals surface area contributed by atoms with E-state index in [0.717, 1.165) is 43.4 Å². The molecule has 0 amide bonds. The third kappa shape index (κ3) is 3.00. The van der Waals surface area contributed by atoms with E-state index in [1.807, 2.05) is 37.3 Å². The number of benzene rings is 1. The third-order valence-electron chi connectivity index (χ3n) is 3.90. The predicted octanol–water partition coefficient (Wildman–Crippen LogP) is 2.62. The number of nitro groups is 1. The first kappa shape index (κ1) is 14.3. The Morgan fingerprint density at radius 3 is 2.23 bits per heavy atom. The van der Waals surface area contributed by atoms with E-state index in [1.165, 1.54) is 0 Å². The molecule has 0 N–H and O–H groups in total. The summed E-state index contributed by atoms with van der Waals surface area (Å²) < 4.78 is 0. The quantitative estimate of drug-likeness (QED) is 0.644. The molecule has 1 aliphatic heterocycles. The first-order valence-corrected chi connectivity index (χ1v) is 7.31. The summed E-state index contributed by atoms with van der Waals surface area (Å²) in [5.74, 6) is 1.02. The lowest BCUT2D eigenvalue weighted by atomic mass is 10.2. The summed E-state index contributed by atoms with van der Waals surface area (Å²) in [5, 5.41) is 10.7. The van der Waals surface area contributed by atoms with Crippen molar-refractivity contribution in [1.29, 1.82) is 0 Å². The molecule has 0 unspecified atom stereocenters. The largest absolute Gasteiger partial charge is 0.368 e. The minimum Gasteiger partial charge on any atom is -0.368 e. The number of nitro benzene ring substituents is 1. The maximum atomic E-state index is 10.7. The Balaban J connectivity index is 1.65. The number of non-ortho nitro benzene ring substituents is 1. The molecule has 22 heavy (non-hydrogen) atoms. The molecule has 3 rings (SSSR count). The smallest absolute Gasteiger partial charge is 0.269 e. The standard InChI is InChI=1S/C16H18N4O2/c1-13-3-2-4-16(17-13)19-11-9-18(10-12-19)14-5-7-15(8-6-14)20(21)22/h2-8H,9-12H2,1H3. The molecular weight excluding hydrogens is 280 g/mol. The lowest BCUT2D eigenvalue weighted by Gasteiger charge is -2.36. The molecule has 2 aromatic rings. The van der Waals surface area contributed by atoms with E-state index < -0.39 is 0 Å². The maximum absolute atomic E-state index is 10.7. The van der Waals surface area contributed by atoms with Crippen LogP contribution in [0.15, 0.2) is 42.5 Å². The van der Waals surface area contributed by atoms with Crippen LogP contribution in [-0.4, -0.2) is 36.1 Å². The maximum Gasteiger partial charge on any atom is 0.269 e. The molecule has 1 aromatic heterocycles. The topological polar surface area (TPSA) is 62.5 Å². The van der Waals surface area contributed by atoms with E-state index in [0.29, 0.717) is 0 Å². The summed E-state index contributed by atoms with van der Waals surface area (Å²) in [7, 11) is 0. The van der Waals surface area contributed by atoms with Crippen molar-refractivity contribution in [1.82, 2.24) is 4.98 Å². The molecule has 0 spiro atoms. The van der Waals surface area contributed by atoms with Crippen LogP contribution in [0.5, 0.6) is 0 Å². The van der Waals surface area contributed by atoms with E-state index >= 15 is 0 Å². The van der Waals surface area contributed by atoms with Crippen molar-refractivity contribution in [3.63, 3.8) is 0 Å². The van der Waals surface area contributed by atoms with Gasteiger partial charge in [-0.25, -0.2) is 4.98 Å². The Labute approximate surface area is 129 Å². The highest BCUT2D eigenvalue weighted by Gasteiger charge is 2.18. The number of aromatic nitrogens is 1. The van der Waals surface area contributed by atoms with Gasteiger partial charge >= 0.3 is 0 Å². The Kier molecular flexibility index (Phi) is 3.91. The summed E-state index contributed by atoms with van der Waals surface area (Å²) >= 11 is 0. The summed E-state index contributed by atoms with van der Waals surface area (Å²) in [6.45, 7) is 5.55. The number of anilines is 2. The van der Waals surface area contributed by atoms with E-state index in [1.54, 1.807) is 12.1 Å². The number of pyridine rings is 1. The van der Waals surface area contributed by atoms with Crippen molar-refractivity contribution in [3.8, 4) is 0 Å². The molecule has 1 aromatic carbocycles. The minimum atomic E-state index is -0.370. The number of piperazine rings is 1. The molecule has 1 aliphatic rings. The molecule has 2 heterocycles. The monoisotopic (exact) mass is 298 g/mol. The summed E-state index contributed by atoms with van der Waals surface area (Å²) in [4.78, 5) is 19.4. The predicted molar refractivity (Wildman–Crippen MR) is 86.5 cm³/mol. The second-order valence-corrected chi connectivity index (χ2v) is 5.38. The fraction of sp³-hybridized carbons (Fsp3) is 0.312. The Hall–Kier alpha value is -2.63. The van der Waals surface area contributed by atoms with Crippen molar-refractivity contribution in [2.24, 2.45) is 0 Å². The Morgan fingerprint density at radius 2 is 1.64 bits per heavy atom. The van der Waals surface area contributed by atoms with Crippen molar-refractivity contribution in [3.05, 3.63) is 58.3 Å². The number of hydrogen-bond acceptors (Lipinski definition) is 5. The van der Waals surface area contributed by atoms with Crippen LogP contribution in [0.1, 0.15) is 5.69 Å². The van der Waals surface area contributed by atoms with Gasteiger partial charge in [0.1, 0.15) is 5.82 Å². The minimum absolute atomic E-state index is 0.131. The van der Waals surface area contributed by atoms with Crippen LogP contribution in [0.2, 0.25) is 0 Å². The molecule has 1 saturated heterocycles. The summed E-state index contributed by atoms with van der Waals surface area (Å²) in [5.41, 5.74) is 2.18. The average Bonchev–Trinajstić information content (AvgIpc) is 2.55. The zero-order valence-electron chi connectivity index (χ0n) is 12.5. The zero-order chi connectivity index (χ0) is 15.5. The van der Waals surface area contributed by atoms with Gasteiger partial charge in [0.25, 0.3) is 5.69 Å². The Morgan fingerprint density at radius 1 is 1.00 bits per heavy atom. The van der Waals surface area contributed by atoms with Crippen molar-refractivity contribution in [2.45, 2.75) is 6.92 Å². The van der Waals surface area contributed by atoms with Gasteiger partial charge in [-0.3, -0.25) is 10.1 Å². The molecule has 0 saturated carbocycles. The number of aryl methyl sites for hydroxylation is 1. The van der Waals surface area contributed by atoms with Gasteiger partial charge in [0, 0.05) is 49.7 Å². The average molecular weight is 298 g/mol. The summed E-state index contributed by atoms with van der Waals surface area (Å²) in [6.07, 6.45) is 0. The van der Waals surface area contributed by atoms with Crippen LogP contribution in [0, 0.1) is 17.0 Å². The van der Waals surface area contributed by atoms with Gasteiger partial charge in [-0.1, -0.05) is 6.07 Å². The Bertz CT molecular complexity index is 664. The van der Waals surface area contributed by atoms with E-state index in [4.69, 9.17) is 0 Å². The van der Waals surface area contributed by atoms with Crippen LogP contribution in [0.4, 0.5) is 17.2 Å². The van der Waals surface area contributed by atoms with Crippen LogP contribution < -0.4 is 9.80 Å². The van der Waals surface area contributed by atoms with Crippen LogP contribution in [0.3, 0.4) is 0 Å². The number of hydrogen-bond donors (Lipinski definition) is 0. The highest BCUT2D eigenvalue weighted by atomic mass is 16.6. The second kappa shape index (κ2) is 6.01. The van der Waals surface area contributed by atoms with Gasteiger partial charge in [0.05, 0.1) is 4.92 Å². The molecule has 0 aliphatic carbocycles. The van der Waals surface area contributed by atoms with Crippen molar-refractivity contribution in [2.75, 3.05) is 36.0 Å². The first-order valence-electron chi connectivity index (χ1n) is 7.31. The van der Waals surface area contributed by atoms with Gasteiger partial charge in [-0.05, 0) is 31.2 Å². The first-order chi connectivity index (χ1) is 10.6. The van der Waals surface area contributed by atoms with Crippen LogP contribution in [0.25, 0.3) is 0 Å². The normalized spacial score (nSPS) is 15.0. The summed E-state index contributed by atoms with van der Waals surface area (Å²) in [6, 6.07) is 12.8. The number of nitrogens with zero attached hydrogens (tertiary/aromatic N) is 4. The molecule has 0 atom stereocenters. The fourth-order valence-electron chi connectivity index (χ4n) is 2.68. The van der Waals surface area contributed by atoms with E-state index in [2.05, 4.69) is 14.8 Å². The van der Waals surface area contributed by atoms with Crippen LogP contribution in [-0.2, 0) is 0 Å². The number of rotatable bonds is 3. The van der Waals surface area contributed by atoms with Crippen molar-refractivity contribution >= 4 is 17.2 Å². The van der Waals surface area contributed by atoms with E-state index in [9.17, 15) is 10.1 Å². The fourth-order valence-corrected chi connectivity index (χ4v) is 2.68. The highest BCUT2D eigenvalue weighted by Crippen LogP contribution is 2.22. The molecule has 6 heteroatoms. The van der Waals surface area contributed by atoms with Crippen molar-refractivity contribution < 1.29 is 4.92 Å². The lowest BCUT2D eigenvalue weighted by molar-refractivity contribution is -0.384. The second-order valence-electron chi connectivity index (χ2n) is 5.38. The van der Waals surface area contributed by atoms with Gasteiger partial charge < -0.3 is 9.80 Å². The van der Waals surface area contributed by atoms with Gasteiger partial charge in [-0.2, -0.15) is 0 Å². The SMILES string of the molecule is Cc1cccc(N2CCN(c3ccc([N+](=O)[O-])cc3)CC2)n1. The van der Waals surface area contributed by atoms with Gasteiger partial charge in [0.2, 0.25) is 0 Å². The molecule has 114 valence electrons. The molecule has 1 fully saturated rings.